The lowest BCUT2D eigenvalue weighted by Crippen LogP contribution is -2.08. The fourth-order valence-electron chi connectivity index (χ4n) is 2.97. The lowest BCUT2D eigenvalue weighted by atomic mass is 10.0. The molecule has 0 saturated carbocycles. The van der Waals surface area contributed by atoms with Crippen LogP contribution in [0.2, 0.25) is 0 Å². The Morgan fingerprint density at radius 1 is 1.20 bits per heavy atom. The second-order valence-electron chi connectivity index (χ2n) is 5.46. The van der Waals surface area contributed by atoms with Gasteiger partial charge in [-0.15, -0.1) is 0 Å². The molecule has 7 heteroatoms. The monoisotopic (exact) mass is 352 g/mol. The zero-order chi connectivity index (χ0) is 17.6. The van der Waals surface area contributed by atoms with Crippen molar-refractivity contribution in [2.75, 3.05) is 12.4 Å². The van der Waals surface area contributed by atoms with Crippen molar-refractivity contribution in [2.24, 2.45) is 5.16 Å². The van der Waals surface area contributed by atoms with Crippen molar-refractivity contribution in [1.29, 1.82) is 0 Å². The van der Waals surface area contributed by atoms with Crippen molar-refractivity contribution in [3.8, 4) is 0 Å². The van der Waals surface area contributed by atoms with Gasteiger partial charge < -0.3 is 15.3 Å². The molecule has 0 spiro atoms. The van der Waals surface area contributed by atoms with Gasteiger partial charge in [-0.2, -0.15) is 0 Å². The van der Waals surface area contributed by atoms with E-state index >= 15 is 0 Å². The molecule has 2 N–H and O–H groups in total. The third-order valence-corrected chi connectivity index (χ3v) is 5.07. The number of ether oxygens (including phenoxy) is 1. The molecule has 124 valence electrons. The van der Waals surface area contributed by atoms with E-state index in [1.807, 2.05) is 24.3 Å². The van der Waals surface area contributed by atoms with E-state index in [2.05, 4.69) is 10.5 Å². The Balaban J connectivity index is 1.89. The Kier molecular flexibility index (Phi) is 3.58. The van der Waals surface area contributed by atoms with Crippen LogP contribution in [0.15, 0.2) is 58.2 Å². The van der Waals surface area contributed by atoms with Gasteiger partial charge in [0.05, 0.1) is 23.9 Å². The molecule has 4 rings (SSSR count). The van der Waals surface area contributed by atoms with Crippen LogP contribution < -0.4 is 5.32 Å². The molecule has 0 radical (unpaired) electrons. The number of anilines is 1. The van der Waals surface area contributed by atoms with E-state index in [0.717, 1.165) is 22.2 Å². The number of benzene rings is 2. The first kappa shape index (κ1) is 15.5. The van der Waals surface area contributed by atoms with Crippen LogP contribution in [0.1, 0.15) is 21.5 Å². The molecule has 2 aromatic rings. The molecule has 0 aliphatic carbocycles. The molecule has 0 saturated heterocycles. The van der Waals surface area contributed by atoms with E-state index < -0.39 is 5.97 Å². The molecule has 0 bridgehead atoms. The first-order chi connectivity index (χ1) is 12.1. The van der Waals surface area contributed by atoms with Gasteiger partial charge in [0.15, 0.2) is 0 Å². The molecule has 2 heterocycles. The SMILES string of the molecule is COC(=O)c1ccc2c(c1)C(=N\O)/C(=C1/C(=O)Sc3ccccc31)N2. The first-order valence-corrected chi connectivity index (χ1v) is 8.23. The molecular formula is C18H12N2O4S. The topological polar surface area (TPSA) is 88.0 Å². The highest BCUT2D eigenvalue weighted by Crippen LogP contribution is 2.44. The average Bonchev–Trinajstić information content (AvgIpc) is 3.15. The van der Waals surface area contributed by atoms with Gasteiger partial charge in [0.2, 0.25) is 5.12 Å². The summed E-state index contributed by atoms with van der Waals surface area (Å²) in [6.07, 6.45) is 0. The Morgan fingerprint density at radius 3 is 2.76 bits per heavy atom. The van der Waals surface area contributed by atoms with Crippen molar-refractivity contribution < 1.29 is 19.5 Å². The minimum atomic E-state index is -0.487. The van der Waals surface area contributed by atoms with Gasteiger partial charge in [-0.1, -0.05) is 23.4 Å². The molecule has 25 heavy (non-hydrogen) atoms. The number of nitrogens with one attached hydrogen (secondary N) is 1. The largest absolute Gasteiger partial charge is 0.465 e. The summed E-state index contributed by atoms with van der Waals surface area (Å²) in [7, 11) is 1.30. The molecule has 2 aliphatic rings. The lowest BCUT2D eigenvalue weighted by Gasteiger charge is -2.05. The number of esters is 1. The predicted molar refractivity (Wildman–Crippen MR) is 94.0 cm³/mol. The highest BCUT2D eigenvalue weighted by atomic mass is 32.2. The van der Waals surface area contributed by atoms with Crippen LogP contribution in [0.4, 0.5) is 5.69 Å². The molecule has 6 nitrogen and oxygen atoms in total. The van der Waals surface area contributed by atoms with Crippen LogP contribution in [-0.4, -0.2) is 29.1 Å². The number of thioether (sulfide) groups is 1. The van der Waals surface area contributed by atoms with Crippen molar-refractivity contribution >= 4 is 39.8 Å². The van der Waals surface area contributed by atoms with Crippen LogP contribution in [0.5, 0.6) is 0 Å². The second kappa shape index (κ2) is 5.78. The summed E-state index contributed by atoms with van der Waals surface area (Å²) in [5.74, 6) is -0.487. The third-order valence-electron chi connectivity index (χ3n) is 4.11. The summed E-state index contributed by atoms with van der Waals surface area (Å²) < 4.78 is 4.72. The zero-order valence-corrected chi connectivity index (χ0v) is 13.9. The van der Waals surface area contributed by atoms with E-state index in [9.17, 15) is 14.8 Å². The minimum absolute atomic E-state index is 0.120. The Hall–Kier alpha value is -3.06. The van der Waals surface area contributed by atoms with Crippen molar-refractivity contribution in [3.05, 3.63) is 64.9 Å². The number of carbonyl (C=O) groups is 2. The Bertz CT molecular complexity index is 994. The molecular weight excluding hydrogens is 340 g/mol. The molecule has 0 aromatic heterocycles. The van der Waals surface area contributed by atoms with Crippen LogP contribution in [-0.2, 0) is 9.53 Å². The summed E-state index contributed by atoms with van der Waals surface area (Å²) in [5, 5.41) is 15.9. The molecule has 2 aromatic carbocycles. The quantitative estimate of drug-likeness (QED) is 0.355. The number of carbonyl (C=O) groups excluding carboxylic acids is 2. The van der Waals surface area contributed by atoms with Gasteiger partial charge in [-0.25, -0.2) is 4.79 Å². The Labute approximate surface area is 147 Å². The summed E-state index contributed by atoms with van der Waals surface area (Å²) in [5.41, 5.74) is 3.44. The van der Waals surface area contributed by atoms with Gasteiger partial charge in [-0.05, 0) is 36.0 Å². The van der Waals surface area contributed by atoms with Gasteiger partial charge in [0.1, 0.15) is 5.71 Å². The van der Waals surface area contributed by atoms with E-state index in [1.165, 1.54) is 7.11 Å². The first-order valence-electron chi connectivity index (χ1n) is 7.42. The van der Waals surface area contributed by atoms with E-state index in [4.69, 9.17) is 4.74 Å². The number of fused-ring (bicyclic) bond motifs is 2. The van der Waals surface area contributed by atoms with Gasteiger partial charge in [-0.3, -0.25) is 4.79 Å². The van der Waals surface area contributed by atoms with Crippen LogP contribution in [0, 0.1) is 0 Å². The molecule has 0 unspecified atom stereocenters. The number of hydrogen-bond donors (Lipinski definition) is 2. The highest BCUT2D eigenvalue weighted by Gasteiger charge is 2.35. The smallest absolute Gasteiger partial charge is 0.337 e. The summed E-state index contributed by atoms with van der Waals surface area (Å²) >= 11 is 1.14. The van der Waals surface area contributed by atoms with Gasteiger partial charge >= 0.3 is 5.97 Å². The minimum Gasteiger partial charge on any atom is -0.465 e. The molecule has 0 amide bonds. The standard InChI is InChI=1S/C18H12N2O4S/c1-24-17(21)9-6-7-12-11(8-9)15(20-23)16(19-12)14-10-4-2-3-5-13(10)25-18(14)22/h2-8,19,23H,1H3/b16-14-,20-15+. The maximum atomic E-state index is 12.5. The van der Waals surface area contributed by atoms with Crippen molar-refractivity contribution in [2.45, 2.75) is 4.90 Å². The fraction of sp³-hybridized carbons (Fsp3) is 0.0556. The van der Waals surface area contributed by atoms with E-state index in [1.54, 1.807) is 18.2 Å². The van der Waals surface area contributed by atoms with Crippen molar-refractivity contribution in [1.82, 2.24) is 0 Å². The molecule has 0 fully saturated rings. The normalized spacial score (nSPS) is 19.6. The summed E-state index contributed by atoms with van der Waals surface area (Å²) in [4.78, 5) is 25.1. The lowest BCUT2D eigenvalue weighted by molar-refractivity contribution is -0.106. The second-order valence-corrected chi connectivity index (χ2v) is 6.48. The number of methoxy groups -OCH3 is 1. The highest BCUT2D eigenvalue weighted by molar-refractivity contribution is 8.15. The van der Waals surface area contributed by atoms with Crippen LogP contribution in [0.25, 0.3) is 5.57 Å². The van der Waals surface area contributed by atoms with E-state index in [0.29, 0.717) is 28.1 Å². The zero-order valence-electron chi connectivity index (χ0n) is 13.1. The summed E-state index contributed by atoms with van der Waals surface area (Å²) in [6, 6.07) is 12.3. The number of allylic oxidation sites excluding steroid dienone is 1. The summed E-state index contributed by atoms with van der Waals surface area (Å²) in [6.45, 7) is 0. The number of hydrogen-bond acceptors (Lipinski definition) is 7. The predicted octanol–water partition coefficient (Wildman–Crippen LogP) is 3.12. The van der Waals surface area contributed by atoms with Gasteiger partial charge in [0, 0.05) is 21.7 Å². The van der Waals surface area contributed by atoms with Gasteiger partial charge in [0.25, 0.3) is 0 Å². The van der Waals surface area contributed by atoms with Crippen LogP contribution >= 0.6 is 11.8 Å². The van der Waals surface area contributed by atoms with Crippen molar-refractivity contribution in [3.63, 3.8) is 0 Å². The fourth-order valence-corrected chi connectivity index (χ4v) is 3.91. The average molecular weight is 352 g/mol. The number of oxime groups is 1. The third kappa shape index (κ3) is 2.32. The maximum absolute atomic E-state index is 12.5. The Morgan fingerprint density at radius 2 is 2.00 bits per heavy atom. The van der Waals surface area contributed by atoms with Crippen LogP contribution in [0.3, 0.4) is 0 Å². The molecule has 2 aliphatic heterocycles. The number of rotatable bonds is 1. The number of nitrogens with zero attached hydrogens (tertiary/aromatic N) is 1. The molecule has 0 atom stereocenters. The maximum Gasteiger partial charge on any atom is 0.337 e. The van der Waals surface area contributed by atoms with E-state index in [-0.39, 0.29) is 10.8 Å².